The molecule has 0 bridgehead atoms. The van der Waals surface area contributed by atoms with E-state index in [0.717, 1.165) is 12.4 Å². The molecule has 5 nitrogen and oxygen atoms in total. The number of aromatic nitrogens is 3. The van der Waals surface area contributed by atoms with Crippen LogP contribution < -0.4 is 5.73 Å². The number of hydrogen-bond acceptors (Lipinski definition) is 5. The second kappa shape index (κ2) is 5.00. The number of anilines is 1. The van der Waals surface area contributed by atoms with Gasteiger partial charge in [-0.05, 0) is 6.26 Å². The number of nitrogen functional groups attached to an aromatic ring is 1. The summed E-state index contributed by atoms with van der Waals surface area (Å²) >= 11 is 1.75. The molecule has 0 fully saturated rings. The van der Waals surface area contributed by atoms with E-state index in [1.165, 1.54) is 0 Å². The summed E-state index contributed by atoms with van der Waals surface area (Å²) < 4.78 is 6.82. The molecule has 0 aliphatic heterocycles. The summed E-state index contributed by atoms with van der Waals surface area (Å²) in [5.74, 6) is 1.41. The van der Waals surface area contributed by atoms with Crippen molar-refractivity contribution >= 4 is 17.6 Å². The second-order valence-electron chi connectivity index (χ2n) is 2.21. The molecule has 1 aromatic rings. The third-order valence-electron chi connectivity index (χ3n) is 1.21. The van der Waals surface area contributed by atoms with Gasteiger partial charge in [-0.3, -0.25) is 0 Å². The summed E-state index contributed by atoms with van der Waals surface area (Å²) in [6, 6.07) is 0. The van der Waals surface area contributed by atoms with Gasteiger partial charge in [0.15, 0.2) is 5.82 Å². The zero-order valence-corrected chi connectivity index (χ0v) is 7.75. The molecule has 1 rings (SSSR count). The summed E-state index contributed by atoms with van der Waals surface area (Å²) in [6.45, 7) is 1.14. The van der Waals surface area contributed by atoms with Crippen LogP contribution in [-0.2, 0) is 11.5 Å². The van der Waals surface area contributed by atoms with Crippen molar-refractivity contribution in [3.63, 3.8) is 0 Å². The summed E-state index contributed by atoms with van der Waals surface area (Å²) in [7, 11) is 0. The minimum absolute atomic E-state index is 0.420. The SMILES string of the molecule is CSCCOCn1cc(N)nn1. The molecular formula is C6H12N4OS. The van der Waals surface area contributed by atoms with Gasteiger partial charge < -0.3 is 10.5 Å². The van der Waals surface area contributed by atoms with Crippen molar-refractivity contribution in [1.29, 1.82) is 0 Å². The lowest BCUT2D eigenvalue weighted by molar-refractivity contribution is 0.0798. The Labute approximate surface area is 75.3 Å². The fourth-order valence-electron chi connectivity index (χ4n) is 0.677. The molecule has 0 atom stereocenters. The molecule has 0 spiro atoms. The van der Waals surface area contributed by atoms with Crippen LogP contribution in [0.25, 0.3) is 0 Å². The van der Waals surface area contributed by atoms with E-state index in [1.807, 2.05) is 6.26 Å². The van der Waals surface area contributed by atoms with Gasteiger partial charge in [-0.1, -0.05) is 5.21 Å². The van der Waals surface area contributed by atoms with Gasteiger partial charge in [-0.25, -0.2) is 4.68 Å². The van der Waals surface area contributed by atoms with Crippen molar-refractivity contribution in [3.8, 4) is 0 Å². The molecule has 0 saturated carbocycles. The first-order valence-electron chi connectivity index (χ1n) is 3.55. The number of hydrogen-bond donors (Lipinski definition) is 1. The lowest BCUT2D eigenvalue weighted by Gasteiger charge is -2.00. The molecule has 0 aromatic carbocycles. The van der Waals surface area contributed by atoms with Crippen LogP contribution >= 0.6 is 11.8 Å². The fourth-order valence-corrected chi connectivity index (χ4v) is 0.961. The first-order chi connectivity index (χ1) is 5.83. The molecule has 0 unspecified atom stereocenters. The Morgan fingerprint density at radius 2 is 2.58 bits per heavy atom. The highest BCUT2D eigenvalue weighted by Crippen LogP contribution is 1.94. The maximum atomic E-state index is 5.35. The van der Waals surface area contributed by atoms with Gasteiger partial charge in [0.2, 0.25) is 0 Å². The number of nitrogens with zero attached hydrogens (tertiary/aromatic N) is 3. The Morgan fingerprint density at radius 3 is 3.17 bits per heavy atom. The molecule has 6 heteroatoms. The monoisotopic (exact) mass is 188 g/mol. The highest BCUT2D eigenvalue weighted by molar-refractivity contribution is 7.98. The van der Waals surface area contributed by atoms with E-state index in [2.05, 4.69) is 10.3 Å². The topological polar surface area (TPSA) is 66.0 Å². The molecular weight excluding hydrogens is 176 g/mol. The van der Waals surface area contributed by atoms with E-state index in [1.54, 1.807) is 22.6 Å². The van der Waals surface area contributed by atoms with Crippen LogP contribution in [0.4, 0.5) is 5.82 Å². The number of nitrogens with two attached hydrogens (primary N) is 1. The van der Waals surface area contributed by atoms with E-state index in [-0.39, 0.29) is 0 Å². The standard InChI is InChI=1S/C6H12N4OS/c1-12-3-2-11-5-10-4-6(7)8-9-10/h4H,2-3,5,7H2,1H3. The highest BCUT2D eigenvalue weighted by atomic mass is 32.2. The third-order valence-corrected chi connectivity index (χ3v) is 1.79. The third kappa shape index (κ3) is 3.10. The normalized spacial score (nSPS) is 10.4. The van der Waals surface area contributed by atoms with Gasteiger partial charge in [0.05, 0.1) is 12.8 Å². The van der Waals surface area contributed by atoms with Crippen molar-refractivity contribution in [3.05, 3.63) is 6.20 Å². The van der Waals surface area contributed by atoms with Crippen molar-refractivity contribution < 1.29 is 4.74 Å². The quantitative estimate of drug-likeness (QED) is 0.668. The molecule has 0 amide bonds. The molecule has 0 aliphatic rings. The van der Waals surface area contributed by atoms with Crippen LogP contribution in [-0.4, -0.2) is 33.6 Å². The molecule has 0 saturated heterocycles. The lowest BCUT2D eigenvalue weighted by atomic mass is 10.8. The molecule has 0 aliphatic carbocycles. The van der Waals surface area contributed by atoms with Crippen LogP contribution in [0.1, 0.15) is 0 Å². The maximum absolute atomic E-state index is 5.35. The first-order valence-corrected chi connectivity index (χ1v) is 4.94. The fraction of sp³-hybridized carbons (Fsp3) is 0.667. The van der Waals surface area contributed by atoms with E-state index < -0.39 is 0 Å². The summed E-state index contributed by atoms with van der Waals surface area (Å²) in [6.07, 6.45) is 3.68. The van der Waals surface area contributed by atoms with E-state index in [4.69, 9.17) is 10.5 Å². The van der Waals surface area contributed by atoms with E-state index >= 15 is 0 Å². The average molecular weight is 188 g/mol. The van der Waals surface area contributed by atoms with Gasteiger partial charge in [0, 0.05) is 5.75 Å². The summed E-state index contributed by atoms with van der Waals surface area (Å²) in [4.78, 5) is 0. The van der Waals surface area contributed by atoms with Crippen LogP contribution in [0.15, 0.2) is 6.20 Å². The Balaban J connectivity index is 2.15. The van der Waals surface area contributed by atoms with Crippen molar-refractivity contribution in [2.24, 2.45) is 0 Å². The molecule has 1 heterocycles. The van der Waals surface area contributed by atoms with Crippen LogP contribution in [0.2, 0.25) is 0 Å². The Hall–Kier alpha value is -0.750. The summed E-state index contributed by atoms with van der Waals surface area (Å²) in [5, 5.41) is 7.34. The number of thioether (sulfide) groups is 1. The van der Waals surface area contributed by atoms with Crippen molar-refractivity contribution in [2.75, 3.05) is 24.3 Å². The predicted octanol–water partition coefficient (Wildman–Crippen LogP) is 0.197. The van der Waals surface area contributed by atoms with Crippen LogP contribution in [0.5, 0.6) is 0 Å². The van der Waals surface area contributed by atoms with Gasteiger partial charge >= 0.3 is 0 Å². The van der Waals surface area contributed by atoms with Gasteiger partial charge in [-0.15, -0.1) is 5.10 Å². The smallest absolute Gasteiger partial charge is 0.166 e. The molecule has 12 heavy (non-hydrogen) atoms. The zero-order chi connectivity index (χ0) is 8.81. The van der Waals surface area contributed by atoms with Crippen LogP contribution in [0.3, 0.4) is 0 Å². The Bertz CT molecular complexity index is 227. The molecule has 68 valence electrons. The van der Waals surface area contributed by atoms with Gasteiger partial charge in [-0.2, -0.15) is 11.8 Å². The highest BCUT2D eigenvalue weighted by Gasteiger charge is 1.94. The lowest BCUT2D eigenvalue weighted by Crippen LogP contribution is -2.05. The van der Waals surface area contributed by atoms with Gasteiger partial charge in [0.1, 0.15) is 6.73 Å². The van der Waals surface area contributed by atoms with Gasteiger partial charge in [0.25, 0.3) is 0 Å². The number of rotatable bonds is 5. The molecule has 2 N–H and O–H groups in total. The van der Waals surface area contributed by atoms with E-state index in [0.29, 0.717) is 12.5 Å². The van der Waals surface area contributed by atoms with Crippen molar-refractivity contribution in [2.45, 2.75) is 6.73 Å². The second-order valence-corrected chi connectivity index (χ2v) is 3.20. The average Bonchev–Trinajstić information content (AvgIpc) is 2.45. The summed E-state index contributed by atoms with van der Waals surface area (Å²) in [5.41, 5.74) is 5.35. The predicted molar refractivity (Wildman–Crippen MR) is 48.8 cm³/mol. The largest absolute Gasteiger partial charge is 0.381 e. The first kappa shape index (κ1) is 9.34. The molecule has 0 radical (unpaired) electrons. The van der Waals surface area contributed by atoms with Crippen molar-refractivity contribution in [1.82, 2.24) is 15.0 Å². The Kier molecular flexibility index (Phi) is 3.89. The zero-order valence-electron chi connectivity index (χ0n) is 6.93. The van der Waals surface area contributed by atoms with Crippen LogP contribution in [0, 0.1) is 0 Å². The maximum Gasteiger partial charge on any atom is 0.166 e. The number of ether oxygens (including phenoxy) is 1. The minimum atomic E-state index is 0.420. The Morgan fingerprint density at radius 1 is 1.75 bits per heavy atom. The molecule has 1 aromatic heterocycles. The van der Waals surface area contributed by atoms with E-state index in [9.17, 15) is 0 Å². The minimum Gasteiger partial charge on any atom is -0.381 e.